The molecule has 3 aromatic rings. The summed E-state index contributed by atoms with van der Waals surface area (Å²) in [4.78, 5) is 32.3. The van der Waals surface area contributed by atoms with Crippen molar-refractivity contribution in [2.45, 2.75) is 47.6 Å². The molecule has 1 amide bonds. The first-order chi connectivity index (χ1) is 19.2. The van der Waals surface area contributed by atoms with Crippen molar-refractivity contribution >= 4 is 46.2 Å². The predicted molar refractivity (Wildman–Crippen MR) is 160 cm³/mol. The normalized spacial score (nSPS) is 15.8. The number of hydrogen-bond acceptors (Lipinski definition) is 6. The minimum absolute atomic E-state index is 0.187. The number of aryl methyl sites for hydroxylation is 1. The molecule has 1 aliphatic heterocycles. The number of H-pyrrole nitrogens is 1. The summed E-state index contributed by atoms with van der Waals surface area (Å²) in [5.74, 6) is 0.222. The number of amides is 1. The fraction of sp³-hybridized carbons (Fsp3) is 0.323. The van der Waals surface area contributed by atoms with Gasteiger partial charge in [0, 0.05) is 33.4 Å². The number of benzene rings is 2. The van der Waals surface area contributed by atoms with Gasteiger partial charge < -0.3 is 24.5 Å². The van der Waals surface area contributed by atoms with Crippen molar-refractivity contribution in [3.8, 4) is 11.5 Å². The van der Waals surface area contributed by atoms with E-state index in [1.54, 1.807) is 32.9 Å². The quantitative estimate of drug-likeness (QED) is 0.189. The van der Waals surface area contributed by atoms with Gasteiger partial charge in [0.1, 0.15) is 0 Å². The Bertz CT molecular complexity index is 1520. The molecular formula is C31H35N3O5S. The average molecular weight is 562 g/mol. The number of fused-ring (bicyclic) bond motifs is 1. The average Bonchev–Trinajstić information content (AvgIpc) is 3.23. The van der Waals surface area contributed by atoms with E-state index in [1.165, 1.54) is 4.90 Å². The summed E-state index contributed by atoms with van der Waals surface area (Å²) < 4.78 is 17.0. The predicted octanol–water partition coefficient (Wildman–Crippen LogP) is 5.97. The second-order valence-corrected chi connectivity index (χ2v) is 9.76. The van der Waals surface area contributed by atoms with Crippen molar-refractivity contribution in [1.82, 2.24) is 15.2 Å². The van der Waals surface area contributed by atoms with Crippen LogP contribution in [0.15, 0.2) is 59.3 Å². The zero-order valence-electron chi connectivity index (χ0n) is 23.7. The van der Waals surface area contributed by atoms with Gasteiger partial charge in [-0.3, -0.25) is 9.69 Å². The molecule has 1 aliphatic rings. The van der Waals surface area contributed by atoms with E-state index in [-0.39, 0.29) is 17.6 Å². The molecule has 0 bridgehead atoms. The summed E-state index contributed by atoms with van der Waals surface area (Å²) in [6, 6.07) is 12.5. The number of ether oxygens (including phenoxy) is 3. The van der Waals surface area contributed by atoms with Crippen LogP contribution in [0, 0.1) is 6.92 Å². The topological polar surface area (TPSA) is 92.9 Å². The van der Waals surface area contributed by atoms with Gasteiger partial charge in [-0.05, 0) is 83.6 Å². The van der Waals surface area contributed by atoms with E-state index in [9.17, 15) is 9.59 Å². The van der Waals surface area contributed by atoms with Gasteiger partial charge in [0.15, 0.2) is 16.6 Å². The summed E-state index contributed by atoms with van der Waals surface area (Å²) in [7, 11) is 0. The molecule has 0 radical (unpaired) electrons. The van der Waals surface area contributed by atoms with E-state index in [0.29, 0.717) is 47.1 Å². The zero-order chi connectivity index (χ0) is 29.0. The van der Waals surface area contributed by atoms with Crippen LogP contribution in [-0.2, 0) is 14.3 Å². The lowest BCUT2D eigenvalue weighted by Gasteiger charge is -2.38. The van der Waals surface area contributed by atoms with Crippen LogP contribution < -0.4 is 14.8 Å². The molecule has 1 aromatic heterocycles. The number of rotatable bonds is 9. The van der Waals surface area contributed by atoms with Gasteiger partial charge in [0.25, 0.3) is 5.91 Å². The van der Waals surface area contributed by atoms with Crippen LogP contribution in [0.1, 0.15) is 57.5 Å². The third kappa shape index (κ3) is 5.60. The molecule has 9 heteroatoms. The number of hydrogen-bond donors (Lipinski definition) is 2. The molecular weight excluding hydrogens is 526 g/mol. The lowest BCUT2D eigenvalue weighted by atomic mass is 9.92. The maximum absolute atomic E-state index is 14.2. The third-order valence-corrected chi connectivity index (χ3v) is 6.99. The molecule has 0 saturated carbocycles. The highest BCUT2D eigenvalue weighted by Crippen LogP contribution is 2.39. The lowest BCUT2D eigenvalue weighted by molar-refractivity contribution is -0.139. The van der Waals surface area contributed by atoms with Crippen molar-refractivity contribution in [3.05, 3.63) is 76.1 Å². The molecule has 0 aliphatic carbocycles. The van der Waals surface area contributed by atoms with Gasteiger partial charge in [-0.15, -0.1) is 0 Å². The number of nitrogens with one attached hydrogen (secondary N) is 2. The number of aromatic amines is 1. The van der Waals surface area contributed by atoms with Gasteiger partial charge in [0.05, 0.1) is 31.4 Å². The highest BCUT2D eigenvalue weighted by atomic mass is 32.1. The highest BCUT2D eigenvalue weighted by Gasteiger charge is 2.41. The van der Waals surface area contributed by atoms with Crippen LogP contribution >= 0.6 is 12.2 Å². The van der Waals surface area contributed by atoms with Crippen molar-refractivity contribution in [3.63, 3.8) is 0 Å². The molecule has 0 fully saturated rings. The molecule has 2 N–H and O–H groups in total. The second-order valence-electron chi connectivity index (χ2n) is 9.38. The maximum Gasteiger partial charge on any atom is 0.338 e. The summed E-state index contributed by atoms with van der Waals surface area (Å²) >= 11 is 5.70. The van der Waals surface area contributed by atoms with Crippen LogP contribution in [0.25, 0.3) is 17.0 Å². The molecule has 1 atom stereocenters. The van der Waals surface area contributed by atoms with Crippen LogP contribution in [0.3, 0.4) is 0 Å². The van der Waals surface area contributed by atoms with Crippen LogP contribution in [0.2, 0.25) is 0 Å². The van der Waals surface area contributed by atoms with E-state index in [4.69, 9.17) is 26.4 Å². The summed E-state index contributed by atoms with van der Waals surface area (Å²) in [5.41, 5.74) is 4.78. The van der Waals surface area contributed by atoms with E-state index in [2.05, 4.69) is 10.3 Å². The molecule has 40 heavy (non-hydrogen) atoms. The molecule has 8 nitrogen and oxygen atoms in total. The van der Waals surface area contributed by atoms with Crippen molar-refractivity contribution in [1.29, 1.82) is 0 Å². The van der Waals surface area contributed by atoms with Gasteiger partial charge in [-0.1, -0.05) is 24.3 Å². The number of esters is 1. The Morgan fingerprint density at radius 1 is 1.00 bits per heavy atom. The second kappa shape index (κ2) is 12.4. The number of thiocarbonyl (C=S) groups is 1. The Morgan fingerprint density at radius 3 is 2.40 bits per heavy atom. The molecule has 210 valence electrons. The Hall–Kier alpha value is -4.11. The van der Waals surface area contributed by atoms with Crippen LogP contribution in [0.4, 0.5) is 0 Å². The summed E-state index contributed by atoms with van der Waals surface area (Å²) in [6.45, 7) is 12.1. The Balaban J connectivity index is 1.86. The molecule has 0 spiro atoms. The first-order valence-electron chi connectivity index (χ1n) is 13.4. The van der Waals surface area contributed by atoms with Crippen molar-refractivity contribution in [2.75, 3.05) is 19.8 Å². The van der Waals surface area contributed by atoms with Gasteiger partial charge in [-0.25, -0.2) is 4.79 Å². The number of para-hydroxylation sites is 1. The zero-order valence-corrected chi connectivity index (χ0v) is 24.5. The minimum atomic E-state index is -0.845. The van der Waals surface area contributed by atoms with Crippen molar-refractivity contribution in [2.24, 2.45) is 0 Å². The number of allylic oxidation sites excluding steroid dienone is 1. The Kier molecular flexibility index (Phi) is 8.94. The van der Waals surface area contributed by atoms with Crippen LogP contribution in [-0.4, -0.2) is 46.7 Å². The number of carbonyl (C=O) groups excluding carboxylic acids is 2. The summed E-state index contributed by atoms with van der Waals surface area (Å²) in [6.07, 6.45) is 1.86. The van der Waals surface area contributed by atoms with E-state index in [0.717, 1.165) is 22.2 Å². The fourth-order valence-corrected chi connectivity index (χ4v) is 5.27. The van der Waals surface area contributed by atoms with Gasteiger partial charge in [0.2, 0.25) is 0 Å². The van der Waals surface area contributed by atoms with Crippen molar-refractivity contribution < 1.29 is 23.8 Å². The largest absolute Gasteiger partial charge is 0.490 e. The molecule has 1 unspecified atom stereocenters. The van der Waals surface area contributed by atoms with Gasteiger partial charge in [-0.2, -0.15) is 0 Å². The van der Waals surface area contributed by atoms with E-state index < -0.39 is 12.0 Å². The van der Waals surface area contributed by atoms with E-state index in [1.807, 2.05) is 57.2 Å². The maximum atomic E-state index is 14.2. The molecule has 2 aromatic carbocycles. The number of aromatic nitrogens is 1. The molecule has 4 rings (SSSR count). The number of nitrogens with zero attached hydrogens (tertiary/aromatic N) is 1. The highest BCUT2D eigenvalue weighted by molar-refractivity contribution is 7.80. The standard InChI is InChI=1S/C31H35N3O5S/c1-7-37-25-15-14-21(17-26(25)38-8-2)28-27(30(36)39-9-3)20(6)33-31(40)34(28)29(35)18(4)16-23-19(5)32-24-13-11-10-12-22(23)24/h10-17,28,32H,7-9H2,1-6H3,(H,33,40)/b18-16+. The van der Waals surface area contributed by atoms with Crippen LogP contribution in [0.5, 0.6) is 11.5 Å². The Morgan fingerprint density at radius 2 is 1.70 bits per heavy atom. The first kappa shape index (κ1) is 28.9. The van der Waals surface area contributed by atoms with E-state index >= 15 is 0 Å². The molecule has 2 heterocycles. The molecule has 0 saturated heterocycles. The smallest absolute Gasteiger partial charge is 0.338 e. The fourth-order valence-electron chi connectivity index (χ4n) is 4.93. The number of carbonyl (C=O) groups is 2. The lowest BCUT2D eigenvalue weighted by Crippen LogP contribution is -2.51. The third-order valence-electron chi connectivity index (χ3n) is 6.69. The summed E-state index contributed by atoms with van der Waals surface area (Å²) in [5, 5.41) is 4.25. The SMILES string of the molecule is CCOC(=O)C1=C(C)NC(=S)N(C(=O)/C(C)=C/c2c(C)[nH]c3ccccc23)C1c1ccc(OCC)c(OCC)c1. The minimum Gasteiger partial charge on any atom is -0.490 e. The monoisotopic (exact) mass is 561 g/mol. The first-order valence-corrected chi connectivity index (χ1v) is 13.8. The Labute approximate surface area is 240 Å². The van der Waals surface area contributed by atoms with Gasteiger partial charge >= 0.3 is 5.97 Å².